The fraction of sp³-hybridized carbons (Fsp3) is 0.672. The van der Waals surface area contributed by atoms with Crippen LogP contribution in [0.25, 0.3) is 0 Å². The first-order valence-electron chi connectivity index (χ1n) is 31.5. The van der Waals surface area contributed by atoms with Gasteiger partial charge in [0.2, 0.25) is 0 Å². The van der Waals surface area contributed by atoms with E-state index in [1.54, 1.807) is 26.0 Å². The highest BCUT2D eigenvalue weighted by atomic mass is 28.4. The molecule has 480 valence electrons. The van der Waals surface area contributed by atoms with E-state index in [4.69, 9.17) is 46.4 Å². The summed E-state index contributed by atoms with van der Waals surface area (Å²) in [6.07, 6.45) is -3.29. The lowest BCUT2D eigenvalue weighted by atomic mass is 9.70. The predicted octanol–water partition coefficient (Wildman–Crippen LogP) is 12.0. The summed E-state index contributed by atoms with van der Waals surface area (Å²) < 4.78 is 67.7. The van der Waals surface area contributed by atoms with Gasteiger partial charge in [-0.25, -0.2) is 4.79 Å². The van der Waals surface area contributed by atoms with Gasteiger partial charge in [0.25, 0.3) is 8.32 Å². The van der Waals surface area contributed by atoms with Crippen LogP contribution < -0.4 is 10.4 Å². The third kappa shape index (κ3) is 17.5. The molecule has 0 N–H and O–H groups in total. The molecule has 5 rings (SSSR count). The van der Waals surface area contributed by atoms with Crippen molar-refractivity contribution in [3.8, 4) is 0 Å². The lowest BCUT2D eigenvalue weighted by molar-refractivity contribution is -0.358. The third-order valence-electron chi connectivity index (χ3n) is 18.9. The number of carbonyl (C=O) groups excluding carboxylic acids is 6. The zero-order valence-electron chi connectivity index (χ0n) is 55.1. The Balaban J connectivity index is 1.88. The van der Waals surface area contributed by atoms with Crippen molar-refractivity contribution in [3.63, 3.8) is 0 Å². The summed E-state index contributed by atoms with van der Waals surface area (Å²) in [4.78, 5) is 85.4. The molecule has 2 fully saturated rings. The molecule has 0 aromatic heterocycles. The fourth-order valence-corrected chi connectivity index (χ4v) is 23.8. The standard InChI is InChI=1S/C67H104O16Si3/c1-19-84(20-2,21-3)81-46(7)58-42-53(83-86(64(10,11)12,56-31-27-25-28-32-56)57-33-29-26-30-34-57)37-49(38-60(71)74-17)62(77-48(9)69)63(73)65(13,14)36-35-51-39-50(70)40-55(78-51)45-67(75-18)66(15,16)59(76-47(8)68)43-52(80-67)41-54(44-61(72)79-58)82-85(22-4,23-5)24-6/h25-36,38,46,51-55,58-59,62H,19-24,37,39-45H2,1-18H3/b36-35+,49-38+/t46-,51+,52-,53+,54-,55+,58-,59+,62+,67+/m1/s1. The number of hydrogen-bond acceptors (Lipinski definition) is 16. The van der Waals surface area contributed by atoms with Crippen LogP contribution in [0.1, 0.15) is 162 Å². The maximum atomic E-state index is 15.6. The molecule has 3 heterocycles. The molecule has 0 saturated carbocycles. The van der Waals surface area contributed by atoms with Crippen LogP contribution in [0.5, 0.6) is 0 Å². The number of Topliss-reactive ketones (excluding diaryl/α,β-unsaturated/α-hetero) is 2. The SMILES string of the molecule is CC[Si](CC)(CC)O[C@H]1CC(=O)O[C@@H]([C@@H](C)O[Si](CC)(CC)CC)C[C@@H](O[Si](c2ccccc2)(c2ccccc2)C(C)(C)C)C/C(=C\C(=O)OC)[C@H](OC(C)=O)C(=O)C(C)(C)/C=C/[C@H]2CC(=O)C[C@@H](C[C@]3(OC)O[C@H](C1)C[C@H](OC(C)=O)C3(C)C)O2. The normalized spacial score (nSPS) is 27.8. The van der Waals surface area contributed by atoms with E-state index in [9.17, 15) is 19.2 Å². The number of cyclic esters (lactones) is 1. The fourth-order valence-electron chi connectivity index (χ4n) is 13.3. The van der Waals surface area contributed by atoms with Crippen molar-refractivity contribution in [2.75, 3.05) is 14.2 Å². The molecule has 2 aromatic rings. The van der Waals surface area contributed by atoms with Gasteiger partial charge in [-0.2, -0.15) is 0 Å². The zero-order chi connectivity index (χ0) is 64.1. The molecule has 0 amide bonds. The summed E-state index contributed by atoms with van der Waals surface area (Å²) >= 11 is 0. The van der Waals surface area contributed by atoms with Gasteiger partial charge in [-0.3, -0.25) is 24.0 Å². The summed E-state index contributed by atoms with van der Waals surface area (Å²) in [5.74, 6) is -4.78. The van der Waals surface area contributed by atoms with Gasteiger partial charge in [0, 0.05) is 64.6 Å². The average Bonchev–Trinajstić information content (AvgIpc) is 0.809. The molecule has 3 aliphatic heterocycles. The van der Waals surface area contributed by atoms with Crippen LogP contribution in [0.15, 0.2) is 84.5 Å². The number of hydrogen-bond donors (Lipinski definition) is 0. The van der Waals surface area contributed by atoms with Gasteiger partial charge in [-0.05, 0) is 90.9 Å². The molecule has 19 heteroatoms. The van der Waals surface area contributed by atoms with E-state index in [-0.39, 0.29) is 62.7 Å². The Morgan fingerprint density at radius 3 is 1.74 bits per heavy atom. The molecular formula is C67H104O16Si3. The van der Waals surface area contributed by atoms with Crippen LogP contribution in [0, 0.1) is 10.8 Å². The number of carbonyl (C=O) groups is 6. The monoisotopic (exact) mass is 1250 g/mol. The number of ether oxygens (including phenoxy) is 7. The molecule has 0 spiro atoms. The predicted molar refractivity (Wildman–Crippen MR) is 340 cm³/mol. The van der Waals surface area contributed by atoms with Gasteiger partial charge in [-0.15, -0.1) is 0 Å². The van der Waals surface area contributed by atoms with Crippen molar-refractivity contribution in [1.82, 2.24) is 0 Å². The van der Waals surface area contributed by atoms with Crippen LogP contribution in [0.3, 0.4) is 0 Å². The topological polar surface area (TPSA) is 195 Å². The molecule has 10 atom stereocenters. The molecule has 2 aromatic carbocycles. The maximum absolute atomic E-state index is 15.6. The van der Waals surface area contributed by atoms with Crippen LogP contribution in [0.4, 0.5) is 0 Å². The lowest BCUT2D eigenvalue weighted by Crippen LogP contribution is -2.68. The average molecular weight is 1250 g/mol. The van der Waals surface area contributed by atoms with Gasteiger partial charge in [0.05, 0.1) is 55.6 Å². The summed E-state index contributed by atoms with van der Waals surface area (Å²) in [5, 5.41) is 1.31. The number of fused-ring (bicyclic) bond motifs is 4. The van der Waals surface area contributed by atoms with E-state index in [2.05, 4.69) is 86.6 Å². The van der Waals surface area contributed by atoms with Gasteiger partial charge in [0.1, 0.15) is 18.0 Å². The number of methoxy groups -OCH3 is 2. The van der Waals surface area contributed by atoms with E-state index < -0.39 is 131 Å². The molecule has 0 unspecified atom stereocenters. The minimum Gasteiger partial charge on any atom is -0.466 e. The second-order valence-corrected chi connectivity index (χ2v) is 39.9. The molecular weight excluding hydrogens is 1140 g/mol. The minimum absolute atomic E-state index is 0.000362. The quantitative estimate of drug-likeness (QED) is 0.0423. The molecule has 0 aliphatic carbocycles. The highest BCUT2D eigenvalue weighted by molar-refractivity contribution is 6.99. The zero-order valence-corrected chi connectivity index (χ0v) is 58.1. The summed E-state index contributed by atoms with van der Waals surface area (Å²) in [6, 6.07) is 24.9. The van der Waals surface area contributed by atoms with Gasteiger partial charge in [0.15, 0.2) is 34.3 Å². The highest BCUT2D eigenvalue weighted by Gasteiger charge is 2.60. The maximum Gasteiger partial charge on any atom is 0.330 e. The van der Waals surface area contributed by atoms with E-state index in [1.807, 2.05) is 57.2 Å². The van der Waals surface area contributed by atoms with E-state index in [0.717, 1.165) is 46.6 Å². The van der Waals surface area contributed by atoms with Gasteiger partial charge >= 0.3 is 23.9 Å². The minimum atomic E-state index is -3.57. The van der Waals surface area contributed by atoms with E-state index in [1.165, 1.54) is 34.1 Å². The van der Waals surface area contributed by atoms with Crippen molar-refractivity contribution in [2.24, 2.45) is 10.8 Å². The largest absolute Gasteiger partial charge is 0.466 e. The smallest absolute Gasteiger partial charge is 0.330 e. The van der Waals surface area contributed by atoms with Crippen LogP contribution in [0.2, 0.25) is 41.3 Å². The Morgan fingerprint density at radius 2 is 1.24 bits per heavy atom. The van der Waals surface area contributed by atoms with Crippen molar-refractivity contribution < 1.29 is 75.2 Å². The van der Waals surface area contributed by atoms with E-state index >= 15 is 9.59 Å². The second-order valence-electron chi connectivity index (χ2n) is 26.2. The molecule has 86 heavy (non-hydrogen) atoms. The molecule has 4 bridgehead atoms. The van der Waals surface area contributed by atoms with Crippen molar-refractivity contribution >= 4 is 70.8 Å². The van der Waals surface area contributed by atoms with Crippen LogP contribution in [-0.4, -0.2) is 135 Å². The molecule has 16 nitrogen and oxygen atoms in total. The first-order chi connectivity index (χ1) is 40.4. The van der Waals surface area contributed by atoms with Crippen molar-refractivity contribution in [2.45, 2.75) is 264 Å². The van der Waals surface area contributed by atoms with E-state index in [0.29, 0.717) is 0 Å². The van der Waals surface area contributed by atoms with Gasteiger partial charge < -0.3 is 46.4 Å². The van der Waals surface area contributed by atoms with Crippen molar-refractivity contribution in [3.05, 3.63) is 84.5 Å². The van der Waals surface area contributed by atoms with Crippen molar-refractivity contribution in [1.29, 1.82) is 0 Å². The Labute approximate surface area is 517 Å². The number of ketones is 2. The first-order valence-corrected chi connectivity index (χ1v) is 38.5. The second kappa shape index (κ2) is 30.8. The molecule has 3 aliphatic rings. The number of esters is 4. The van der Waals surface area contributed by atoms with Crippen LogP contribution in [-0.2, 0) is 75.2 Å². The Bertz CT molecular complexity index is 2590. The summed E-state index contributed by atoms with van der Waals surface area (Å²) in [6.45, 7) is 30.9. The highest BCUT2D eigenvalue weighted by Crippen LogP contribution is 2.51. The number of rotatable bonds is 19. The Hall–Kier alpha value is -4.45. The first kappa shape index (κ1) is 72.3. The molecule has 0 radical (unpaired) electrons. The molecule has 2 saturated heterocycles. The van der Waals surface area contributed by atoms with Gasteiger partial charge in [-0.1, -0.05) is 149 Å². The summed E-state index contributed by atoms with van der Waals surface area (Å²) in [5.41, 5.74) is -2.32. The number of allylic oxidation sites excluding steroid dienone is 1. The Kier molecular flexibility index (Phi) is 25.9. The summed E-state index contributed by atoms with van der Waals surface area (Å²) in [7, 11) is -5.75. The number of benzene rings is 2. The van der Waals surface area contributed by atoms with Crippen LogP contribution >= 0.6 is 0 Å². The lowest BCUT2D eigenvalue weighted by Gasteiger charge is -2.55. The third-order valence-corrected chi connectivity index (χ3v) is 33.4. The Morgan fingerprint density at radius 1 is 0.698 bits per heavy atom.